The molecule has 0 spiro atoms. The fraction of sp³-hybridized carbons (Fsp3) is 0.810. The van der Waals surface area contributed by atoms with Crippen molar-refractivity contribution in [1.29, 1.82) is 0 Å². The van der Waals surface area contributed by atoms with E-state index in [-0.39, 0.29) is 5.60 Å². The Hall–Kier alpha value is -0.560. The summed E-state index contributed by atoms with van der Waals surface area (Å²) >= 11 is 0. The van der Waals surface area contributed by atoms with Crippen LogP contribution in [0.25, 0.3) is 0 Å². The van der Waals surface area contributed by atoms with Crippen LogP contribution in [0.15, 0.2) is 24.3 Å². The number of hydrogen-bond donors (Lipinski definition) is 0. The van der Waals surface area contributed by atoms with Crippen molar-refractivity contribution in [3.8, 4) is 0 Å². The van der Waals surface area contributed by atoms with E-state index in [1.54, 1.807) is 5.57 Å². The molecule has 0 N–H and O–H groups in total. The summed E-state index contributed by atoms with van der Waals surface area (Å²) in [6, 6.07) is 0. The highest BCUT2D eigenvalue weighted by molar-refractivity contribution is 5.20. The lowest BCUT2D eigenvalue weighted by Crippen LogP contribution is -2.50. The minimum absolute atomic E-state index is 0.184. The zero-order chi connectivity index (χ0) is 16.6. The lowest BCUT2D eigenvalue weighted by molar-refractivity contribution is -0.0626. The van der Waals surface area contributed by atoms with Gasteiger partial charge in [0.25, 0.3) is 0 Å². The largest absolute Gasteiger partial charge is 0.374 e. The summed E-state index contributed by atoms with van der Waals surface area (Å²) in [6.07, 6.45) is 12.1. The summed E-state index contributed by atoms with van der Waals surface area (Å²) in [7, 11) is 1.81. The molecule has 1 fully saturated rings. The fourth-order valence-electron chi connectivity index (χ4n) is 5.14. The first-order valence-electron chi connectivity index (χ1n) is 9.08. The lowest BCUT2D eigenvalue weighted by Gasteiger charge is -2.58. The Kier molecular flexibility index (Phi) is 4.97. The quantitative estimate of drug-likeness (QED) is 0.553. The van der Waals surface area contributed by atoms with E-state index in [2.05, 4.69) is 47.3 Å². The van der Waals surface area contributed by atoms with Gasteiger partial charge in [-0.05, 0) is 75.0 Å². The monoisotopic (exact) mass is 304 g/mol. The van der Waals surface area contributed by atoms with Crippen LogP contribution in [-0.4, -0.2) is 12.7 Å². The number of ether oxygens (including phenoxy) is 1. The molecule has 0 aromatic carbocycles. The standard InChI is InChI=1S/C21H36O/c1-8-19(4,22-7)14-15-21(6)17(3)12-13-20(5)16(2)10-9-11-18(20)21/h8,10,17-18H,1,9,11-15H2,2-7H3. The summed E-state index contributed by atoms with van der Waals surface area (Å²) in [5, 5.41) is 0. The molecule has 5 unspecified atom stereocenters. The molecule has 0 saturated heterocycles. The highest BCUT2D eigenvalue weighted by Gasteiger charge is 2.53. The highest BCUT2D eigenvalue weighted by Crippen LogP contribution is 2.62. The first-order valence-corrected chi connectivity index (χ1v) is 9.08. The number of allylic oxidation sites excluding steroid dienone is 2. The number of hydrogen-bond acceptors (Lipinski definition) is 1. The van der Waals surface area contributed by atoms with Crippen molar-refractivity contribution in [2.45, 2.75) is 78.7 Å². The normalized spacial score (nSPS) is 41.3. The second-order valence-electron chi connectivity index (χ2n) is 8.60. The lowest BCUT2D eigenvalue weighted by atomic mass is 9.47. The first kappa shape index (κ1) is 17.8. The van der Waals surface area contributed by atoms with Crippen LogP contribution in [0.4, 0.5) is 0 Å². The van der Waals surface area contributed by atoms with Gasteiger partial charge in [-0.3, -0.25) is 0 Å². The maximum Gasteiger partial charge on any atom is 0.0828 e. The number of rotatable bonds is 5. The zero-order valence-electron chi connectivity index (χ0n) is 15.7. The van der Waals surface area contributed by atoms with E-state index in [1.165, 1.54) is 32.1 Å². The van der Waals surface area contributed by atoms with Crippen LogP contribution in [0.3, 0.4) is 0 Å². The van der Waals surface area contributed by atoms with Crippen LogP contribution >= 0.6 is 0 Å². The fourth-order valence-corrected chi connectivity index (χ4v) is 5.14. The van der Waals surface area contributed by atoms with Gasteiger partial charge in [-0.2, -0.15) is 0 Å². The van der Waals surface area contributed by atoms with Crippen molar-refractivity contribution in [2.75, 3.05) is 7.11 Å². The van der Waals surface area contributed by atoms with Crippen LogP contribution < -0.4 is 0 Å². The molecule has 2 rings (SSSR count). The van der Waals surface area contributed by atoms with Crippen molar-refractivity contribution >= 4 is 0 Å². The van der Waals surface area contributed by atoms with E-state index in [0.29, 0.717) is 10.8 Å². The van der Waals surface area contributed by atoms with Crippen molar-refractivity contribution in [3.05, 3.63) is 24.3 Å². The molecule has 5 atom stereocenters. The summed E-state index contributed by atoms with van der Waals surface area (Å²) in [4.78, 5) is 0. The molecule has 0 aromatic rings. The van der Waals surface area contributed by atoms with Gasteiger partial charge in [-0.25, -0.2) is 0 Å². The Labute approximate surface area is 138 Å². The van der Waals surface area contributed by atoms with E-state index in [4.69, 9.17) is 4.74 Å². The van der Waals surface area contributed by atoms with Crippen molar-refractivity contribution in [1.82, 2.24) is 0 Å². The molecule has 0 amide bonds. The maximum absolute atomic E-state index is 5.71. The molecule has 0 aromatic heterocycles. The molecule has 1 saturated carbocycles. The molecule has 0 radical (unpaired) electrons. The third-order valence-electron chi connectivity index (χ3n) is 7.65. The SMILES string of the molecule is C=CC(C)(CCC1(C)C(C)CCC2(C)C(C)=CCCC21)OC. The number of fused-ring (bicyclic) bond motifs is 1. The predicted octanol–water partition coefficient (Wildman–Crippen LogP) is 6.16. The Balaban J connectivity index is 2.26. The van der Waals surface area contributed by atoms with Crippen molar-refractivity contribution < 1.29 is 4.74 Å². The van der Waals surface area contributed by atoms with Gasteiger partial charge in [0.15, 0.2) is 0 Å². The molecule has 0 heterocycles. The predicted molar refractivity (Wildman–Crippen MR) is 95.9 cm³/mol. The molecule has 126 valence electrons. The van der Waals surface area contributed by atoms with Crippen molar-refractivity contribution in [3.63, 3.8) is 0 Å². The van der Waals surface area contributed by atoms with Crippen LogP contribution in [0.2, 0.25) is 0 Å². The molecule has 0 bridgehead atoms. The molecule has 22 heavy (non-hydrogen) atoms. The van der Waals surface area contributed by atoms with Gasteiger partial charge < -0.3 is 4.74 Å². The van der Waals surface area contributed by atoms with Gasteiger partial charge in [0.05, 0.1) is 5.60 Å². The highest BCUT2D eigenvalue weighted by atomic mass is 16.5. The maximum atomic E-state index is 5.71. The Bertz CT molecular complexity index is 451. The number of methoxy groups -OCH3 is 1. The second kappa shape index (κ2) is 6.15. The van der Waals surface area contributed by atoms with E-state index in [9.17, 15) is 0 Å². The Morgan fingerprint density at radius 3 is 2.68 bits per heavy atom. The van der Waals surface area contributed by atoms with E-state index in [0.717, 1.165) is 18.3 Å². The Morgan fingerprint density at radius 1 is 1.41 bits per heavy atom. The summed E-state index contributed by atoms with van der Waals surface area (Å²) in [5.41, 5.74) is 2.28. The van der Waals surface area contributed by atoms with Crippen LogP contribution in [-0.2, 0) is 4.74 Å². The van der Waals surface area contributed by atoms with Gasteiger partial charge >= 0.3 is 0 Å². The average molecular weight is 305 g/mol. The average Bonchev–Trinajstić information content (AvgIpc) is 2.51. The minimum Gasteiger partial charge on any atom is -0.374 e. The smallest absolute Gasteiger partial charge is 0.0828 e. The second-order valence-corrected chi connectivity index (χ2v) is 8.60. The minimum atomic E-state index is -0.184. The third-order valence-corrected chi connectivity index (χ3v) is 7.65. The molecule has 0 aliphatic heterocycles. The van der Waals surface area contributed by atoms with Gasteiger partial charge in [0, 0.05) is 7.11 Å². The molecule has 1 nitrogen and oxygen atoms in total. The summed E-state index contributed by atoms with van der Waals surface area (Å²) in [6.45, 7) is 16.1. The molecule has 2 aliphatic carbocycles. The van der Waals surface area contributed by atoms with Gasteiger partial charge in [-0.1, -0.05) is 38.5 Å². The molecule has 2 aliphatic rings. The molecular formula is C21H36O. The first-order chi connectivity index (χ1) is 10.2. The van der Waals surface area contributed by atoms with Crippen molar-refractivity contribution in [2.24, 2.45) is 22.7 Å². The topological polar surface area (TPSA) is 9.23 Å². The van der Waals surface area contributed by atoms with E-state index < -0.39 is 0 Å². The summed E-state index contributed by atoms with van der Waals surface area (Å²) < 4.78 is 5.71. The zero-order valence-corrected chi connectivity index (χ0v) is 15.7. The van der Waals surface area contributed by atoms with Gasteiger partial charge in [-0.15, -0.1) is 6.58 Å². The van der Waals surface area contributed by atoms with Gasteiger partial charge in [0.1, 0.15) is 0 Å². The summed E-state index contributed by atoms with van der Waals surface area (Å²) in [5.74, 6) is 1.60. The van der Waals surface area contributed by atoms with Crippen LogP contribution in [0.1, 0.15) is 73.1 Å². The third kappa shape index (κ3) is 2.82. The van der Waals surface area contributed by atoms with Gasteiger partial charge in [0.2, 0.25) is 0 Å². The van der Waals surface area contributed by atoms with E-state index in [1.807, 2.05) is 13.2 Å². The Morgan fingerprint density at radius 2 is 2.09 bits per heavy atom. The van der Waals surface area contributed by atoms with Crippen LogP contribution in [0.5, 0.6) is 0 Å². The van der Waals surface area contributed by atoms with Crippen LogP contribution in [0, 0.1) is 22.7 Å². The molecule has 1 heteroatoms. The molecular weight excluding hydrogens is 268 g/mol. The van der Waals surface area contributed by atoms with E-state index >= 15 is 0 Å².